The molecule has 146 valence electrons. The van der Waals surface area contributed by atoms with Crippen molar-refractivity contribution in [3.63, 3.8) is 0 Å². The minimum atomic E-state index is -3.03. The molecule has 0 radical (unpaired) electrons. The molecule has 0 saturated heterocycles. The molecule has 2 aromatic rings. The molecule has 0 saturated carbocycles. The molecule has 0 spiro atoms. The van der Waals surface area contributed by atoms with Crippen molar-refractivity contribution in [2.75, 3.05) is 7.11 Å². The molecule has 0 aliphatic heterocycles. The summed E-state index contributed by atoms with van der Waals surface area (Å²) in [5, 5.41) is 2.35. The van der Waals surface area contributed by atoms with E-state index in [1.54, 1.807) is 25.1 Å². The Bertz CT molecular complexity index is 896. The fraction of sp³-hybridized carbons (Fsp3) is 0.158. The summed E-state index contributed by atoms with van der Waals surface area (Å²) in [6.45, 7) is 1.69. The standard InChI is InChI=1S/C19H18NO7P/c1-13-10-15(8-9-17(13)27-28(23)24)11-16(18(21)25-2)20-19(22)26-12-14-6-4-3-5-7-14/h3-11H,12H2,1-2H3,(H,20,22). The number of carbonyl (C=O) groups is 2. The Kier molecular flexibility index (Phi) is 7.68. The summed E-state index contributed by atoms with van der Waals surface area (Å²) >= 11 is 0. The van der Waals surface area contributed by atoms with Crippen molar-refractivity contribution in [1.82, 2.24) is 5.32 Å². The van der Waals surface area contributed by atoms with Gasteiger partial charge in [0.25, 0.3) is 0 Å². The average molecular weight is 403 g/mol. The van der Waals surface area contributed by atoms with Gasteiger partial charge in [-0.2, -0.15) is 0 Å². The molecule has 9 heteroatoms. The van der Waals surface area contributed by atoms with E-state index in [2.05, 4.69) is 14.6 Å². The lowest BCUT2D eigenvalue weighted by atomic mass is 10.1. The Hall–Kier alpha value is -3.22. The topological polar surface area (TPSA) is 114 Å². The first-order chi connectivity index (χ1) is 13.4. The largest absolute Gasteiger partial charge is 0.558 e. The molecule has 1 atom stereocenters. The van der Waals surface area contributed by atoms with Crippen molar-refractivity contribution in [3.8, 4) is 5.75 Å². The van der Waals surface area contributed by atoms with Crippen molar-refractivity contribution in [2.24, 2.45) is 0 Å². The predicted molar refractivity (Wildman–Crippen MR) is 99.2 cm³/mol. The number of alkyl carbamates (subject to hydrolysis) is 1. The van der Waals surface area contributed by atoms with Gasteiger partial charge in [0.2, 0.25) is 0 Å². The fourth-order valence-corrected chi connectivity index (χ4v) is 2.60. The van der Waals surface area contributed by atoms with E-state index in [1.807, 2.05) is 18.2 Å². The van der Waals surface area contributed by atoms with E-state index < -0.39 is 20.3 Å². The smallest absolute Gasteiger partial charge is 0.539 e. The van der Waals surface area contributed by atoms with Crippen LogP contribution in [0.3, 0.4) is 0 Å². The molecule has 0 heterocycles. The summed E-state index contributed by atoms with van der Waals surface area (Å²) in [5.74, 6) is -0.597. The van der Waals surface area contributed by atoms with Crippen molar-refractivity contribution in [1.29, 1.82) is 0 Å². The van der Waals surface area contributed by atoms with Crippen molar-refractivity contribution < 1.29 is 33.0 Å². The maximum Gasteiger partial charge on any atom is 0.539 e. The maximum absolute atomic E-state index is 12.0. The highest BCUT2D eigenvalue weighted by Gasteiger charge is 2.15. The van der Waals surface area contributed by atoms with Gasteiger partial charge >= 0.3 is 20.3 Å². The SMILES string of the molecule is COC(=O)C(=Cc1ccc(O[P+](=O)[O-])c(C)c1)NC(=O)OCc1ccccc1. The minimum Gasteiger partial charge on any atom is -0.558 e. The van der Waals surface area contributed by atoms with Gasteiger partial charge in [0.15, 0.2) is 5.75 Å². The summed E-state index contributed by atoms with van der Waals surface area (Å²) in [6.07, 6.45) is 0.560. The van der Waals surface area contributed by atoms with Gasteiger partial charge < -0.3 is 14.4 Å². The van der Waals surface area contributed by atoms with Crippen LogP contribution in [0.4, 0.5) is 4.79 Å². The first-order valence-electron chi connectivity index (χ1n) is 8.09. The van der Waals surface area contributed by atoms with E-state index >= 15 is 0 Å². The summed E-state index contributed by atoms with van der Waals surface area (Å²) in [7, 11) is -1.85. The summed E-state index contributed by atoms with van der Waals surface area (Å²) in [6, 6.07) is 13.6. The minimum absolute atomic E-state index is 0.0413. The van der Waals surface area contributed by atoms with E-state index in [4.69, 9.17) is 4.74 Å². The lowest BCUT2D eigenvalue weighted by Crippen LogP contribution is -2.28. The van der Waals surface area contributed by atoms with Crippen LogP contribution in [0.1, 0.15) is 16.7 Å². The van der Waals surface area contributed by atoms with Crippen LogP contribution >= 0.6 is 8.25 Å². The van der Waals surface area contributed by atoms with E-state index in [0.29, 0.717) is 11.1 Å². The fourth-order valence-electron chi connectivity index (χ4n) is 2.24. The van der Waals surface area contributed by atoms with Gasteiger partial charge in [-0.1, -0.05) is 36.4 Å². The Labute approximate surface area is 162 Å². The molecule has 0 aliphatic carbocycles. The molecule has 2 rings (SSSR count). The Morgan fingerprint density at radius 2 is 1.89 bits per heavy atom. The van der Waals surface area contributed by atoms with Crippen molar-refractivity contribution in [2.45, 2.75) is 13.5 Å². The monoisotopic (exact) mass is 403 g/mol. The number of benzene rings is 2. The highest BCUT2D eigenvalue weighted by atomic mass is 31.1. The van der Waals surface area contributed by atoms with Gasteiger partial charge in [-0.3, -0.25) is 9.84 Å². The van der Waals surface area contributed by atoms with Gasteiger partial charge in [-0.05, 0) is 46.4 Å². The van der Waals surface area contributed by atoms with Crippen LogP contribution in [-0.4, -0.2) is 19.2 Å². The quantitative estimate of drug-likeness (QED) is 0.429. The van der Waals surface area contributed by atoms with Gasteiger partial charge in [0, 0.05) is 0 Å². The van der Waals surface area contributed by atoms with Gasteiger partial charge in [0.05, 0.1) is 7.11 Å². The number of methoxy groups -OCH3 is 1. The van der Waals surface area contributed by atoms with Crippen LogP contribution in [-0.2, 0) is 25.4 Å². The molecule has 1 N–H and O–H groups in total. The lowest BCUT2D eigenvalue weighted by Gasteiger charge is -2.10. The van der Waals surface area contributed by atoms with E-state index in [9.17, 15) is 19.0 Å². The van der Waals surface area contributed by atoms with Gasteiger partial charge in [0.1, 0.15) is 12.3 Å². The van der Waals surface area contributed by atoms with E-state index in [1.165, 1.54) is 25.3 Å². The van der Waals surface area contributed by atoms with Crippen LogP contribution in [0.2, 0.25) is 0 Å². The number of amides is 1. The van der Waals surface area contributed by atoms with Crippen molar-refractivity contribution >= 4 is 26.4 Å². The zero-order chi connectivity index (χ0) is 20.5. The van der Waals surface area contributed by atoms with Gasteiger partial charge in [-0.15, -0.1) is 0 Å². The normalized spacial score (nSPS) is 11.4. The highest BCUT2D eigenvalue weighted by molar-refractivity contribution is 7.31. The van der Waals surface area contributed by atoms with E-state index in [-0.39, 0.29) is 18.1 Å². The molecule has 0 aromatic heterocycles. The van der Waals surface area contributed by atoms with Crippen LogP contribution < -0.4 is 14.7 Å². The maximum atomic E-state index is 12.0. The number of rotatable bonds is 7. The number of nitrogens with one attached hydrogen (secondary N) is 1. The number of hydrogen-bond donors (Lipinski definition) is 1. The lowest BCUT2D eigenvalue weighted by molar-refractivity contribution is -0.178. The Morgan fingerprint density at radius 1 is 1.18 bits per heavy atom. The Balaban J connectivity index is 2.12. The third-order valence-corrected chi connectivity index (χ3v) is 3.88. The molecule has 1 amide bonds. The summed E-state index contributed by atoms with van der Waals surface area (Å²) in [5.41, 5.74) is 1.71. The number of esters is 1. The molecule has 28 heavy (non-hydrogen) atoms. The van der Waals surface area contributed by atoms with Crippen LogP contribution in [0, 0.1) is 6.92 Å². The molecule has 0 bridgehead atoms. The predicted octanol–water partition coefficient (Wildman–Crippen LogP) is 2.83. The first kappa shape index (κ1) is 21.1. The zero-order valence-corrected chi connectivity index (χ0v) is 16.1. The number of carbonyl (C=O) groups excluding carboxylic acids is 2. The second-order valence-electron chi connectivity index (χ2n) is 5.58. The van der Waals surface area contributed by atoms with Crippen molar-refractivity contribution in [3.05, 3.63) is 70.9 Å². The Morgan fingerprint density at radius 3 is 2.50 bits per heavy atom. The molecule has 0 aliphatic rings. The average Bonchev–Trinajstić information content (AvgIpc) is 2.68. The third-order valence-electron chi connectivity index (χ3n) is 3.54. The number of hydrogen-bond acceptors (Lipinski definition) is 7. The third kappa shape index (κ3) is 6.50. The molecule has 8 nitrogen and oxygen atoms in total. The second kappa shape index (κ2) is 10.2. The molecule has 0 fully saturated rings. The number of aryl methyl sites for hydroxylation is 1. The number of ether oxygens (including phenoxy) is 2. The second-order valence-corrected chi connectivity index (χ2v) is 6.21. The zero-order valence-electron chi connectivity index (χ0n) is 15.2. The molecule has 2 aromatic carbocycles. The molecule has 1 unspecified atom stereocenters. The van der Waals surface area contributed by atoms with Crippen LogP contribution in [0.15, 0.2) is 54.2 Å². The molecular formula is C19H18NO7P. The highest BCUT2D eigenvalue weighted by Crippen LogP contribution is 2.26. The van der Waals surface area contributed by atoms with Crippen LogP contribution in [0.25, 0.3) is 6.08 Å². The van der Waals surface area contributed by atoms with Gasteiger partial charge in [-0.25, -0.2) is 9.59 Å². The molecular weight excluding hydrogens is 385 g/mol. The van der Waals surface area contributed by atoms with Crippen LogP contribution in [0.5, 0.6) is 5.75 Å². The first-order valence-corrected chi connectivity index (χ1v) is 9.19. The summed E-state index contributed by atoms with van der Waals surface area (Å²) in [4.78, 5) is 34.6. The summed E-state index contributed by atoms with van der Waals surface area (Å²) < 4.78 is 25.1. The van der Waals surface area contributed by atoms with E-state index in [0.717, 1.165) is 5.56 Å².